The van der Waals surface area contributed by atoms with Gasteiger partial charge in [0.05, 0.1) is 34.8 Å². The average Bonchev–Trinajstić information content (AvgIpc) is 3.33. The number of nitrogens with zero attached hydrogens (tertiary/aromatic N) is 1. The molecule has 6 nitrogen and oxygen atoms in total. The first-order valence-corrected chi connectivity index (χ1v) is 13.2. The predicted octanol–water partition coefficient (Wildman–Crippen LogP) is 6.29. The van der Waals surface area contributed by atoms with Crippen molar-refractivity contribution >= 4 is 17.5 Å². The standard InChI is InChI=1S/C29H29F6NO5/c1-12(2)20-10-19-23(21-11-22(41-27(20,21)40)15-5-13(3)24(37)14(4)6-15)26(39)36(25(19)38)18-8-16(28(30,31)32)7-17(9-18)29(33,34)35/h5-9,12,19-23,37,40H,10-11H2,1-4H3/t19-,20+,21-,22-,23-,27+/m0/s1. The fourth-order valence-electron chi connectivity index (χ4n) is 6.87. The molecular formula is C29H29F6NO5. The van der Waals surface area contributed by atoms with Gasteiger partial charge in [-0.05, 0) is 79.6 Å². The van der Waals surface area contributed by atoms with Crippen LogP contribution in [0.2, 0.25) is 0 Å². The fraction of sp³-hybridized carbons (Fsp3) is 0.517. The second-order valence-electron chi connectivity index (χ2n) is 11.7. The molecule has 3 fully saturated rings. The summed E-state index contributed by atoms with van der Waals surface area (Å²) in [5.74, 6) is -7.78. The van der Waals surface area contributed by atoms with Crippen LogP contribution >= 0.6 is 0 Å². The largest absolute Gasteiger partial charge is 0.507 e. The van der Waals surface area contributed by atoms with Crippen LogP contribution in [0.25, 0.3) is 0 Å². The number of imide groups is 1. The lowest BCUT2D eigenvalue weighted by atomic mass is 9.62. The summed E-state index contributed by atoms with van der Waals surface area (Å²) in [6.07, 6.45) is -11.0. The van der Waals surface area contributed by atoms with E-state index in [1.54, 1.807) is 39.8 Å². The summed E-state index contributed by atoms with van der Waals surface area (Å²) in [6, 6.07) is 4.04. The van der Waals surface area contributed by atoms with Gasteiger partial charge in [0, 0.05) is 11.8 Å². The quantitative estimate of drug-likeness (QED) is 0.327. The smallest absolute Gasteiger partial charge is 0.416 e. The number of aliphatic hydroxyl groups is 1. The molecule has 12 heteroatoms. The number of hydrogen-bond donors (Lipinski definition) is 2. The van der Waals surface area contributed by atoms with Gasteiger partial charge in [0.25, 0.3) is 0 Å². The normalized spacial score (nSPS) is 30.2. The number of aryl methyl sites for hydroxylation is 2. The van der Waals surface area contributed by atoms with Crippen LogP contribution in [0.1, 0.15) is 60.6 Å². The van der Waals surface area contributed by atoms with Crippen LogP contribution in [0.5, 0.6) is 5.75 Å². The highest BCUT2D eigenvalue weighted by Crippen LogP contribution is 2.60. The Morgan fingerprint density at radius 1 is 0.902 bits per heavy atom. The maximum Gasteiger partial charge on any atom is 0.416 e. The van der Waals surface area contributed by atoms with Gasteiger partial charge in [0.15, 0.2) is 5.79 Å². The lowest BCUT2D eigenvalue weighted by Gasteiger charge is -2.46. The Hall–Kier alpha value is -3.12. The van der Waals surface area contributed by atoms with Crippen molar-refractivity contribution in [2.75, 3.05) is 4.90 Å². The number of carbonyl (C=O) groups is 2. The number of benzene rings is 2. The molecule has 222 valence electrons. The van der Waals surface area contributed by atoms with Crippen molar-refractivity contribution in [3.05, 3.63) is 58.1 Å². The number of aromatic hydroxyl groups is 1. The molecule has 5 rings (SSSR count). The van der Waals surface area contributed by atoms with Crippen molar-refractivity contribution < 1.29 is 50.9 Å². The number of alkyl halides is 6. The highest BCUT2D eigenvalue weighted by molar-refractivity contribution is 6.22. The van der Waals surface area contributed by atoms with Crippen LogP contribution < -0.4 is 4.90 Å². The van der Waals surface area contributed by atoms with Gasteiger partial charge >= 0.3 is 12.4 Å². The molecule has 2 heterocycles. The van der Waals surface area contributed by atoms with Crippen LogP contribution in [0.4, 0.5) is 32.0 Å². The Labute approximate surface area is 231 Å². The predicted molar refractivity (Wildman–Crippen MR) is 133 cm³/mol. The minimum absolute atomic E-state index is 0.0398. The SMILES string of the molecule is Cc1cc([C@@H]2C[C@H]3[C@H]4C(=O)N(c5cc(C(F)(F)F)cc(C(F)(F)F)c5)C(=O)[C@H]4C[C@H](C(C)C)[C@@]3(O)O2)cc(C)c1O. The molecule has 2 aliphatic heterocycles. The molecule has 0 unspecified atom stereocenters. The summed E-state index contributed by atoms with van der Waals surface area (Å²) in [5.41, 5.74) is -2.35. The van der Waals surface area contributed by atoms with Crippen molar-refractivity contribution in [3.63, 3.8) is 0 Å². The molecular weight excluding hydrogens is 556 g/mol. The van der Waals surface area contributed by atoms with Crippen LogP contribution in [0.15, 0.2) is 30.3 Å². The van der Waals surface area contributed by atoms with Gasteiger partial charge in [0.1, 0.15) is 5.75 Å². The van der Waals surface area contributed by atoms with Crippen molar-refractivity contribution in [3.8, 4) is 5.75 Å². The summed E-state index contributed by atoms with van der Waals surface area (Å²) < 4.78 is 87.5. The van der Waals surface area contributed by atoms with E-state index in [1.807, 2.05) is 0 Å². The van der Waals surface area contributed by atoms with Gasteiger partial charge in [-0.15, -0.1) is 0 Å². The average molecular weight is 586 g/mol. The third-order valence-electron chi connectivity index (χ3n) is 8.80. The van der Waals surface area contributed by atoms with Crippen LogP contribution in [-0.4, -0.2) is 27.8 Å². The summed E-state index contributed by atoms with van der Waals surface area (Å²) in [5, 5.41) is 22.1. The number of rotatable bonds is 3. The number of fused-ring (bicyclic) bond motifs is 3. The Kier molecular flexibility index (Phi) is 6.77. The summed E-state index contributed by atoms with van der Waals surface area (Å²) >= 11 is 0. The summed E-state index contributed by atoms with van der Waals surface area (Å²) in [7, 11) is 0. The zero-order valence-corrected chi connectivity index (χ0v) is 22.6. The van der Waals surface area contributed by atoms with Crippen molar-refractivity contribution in [2.45, 2.75) is 64.8 Å². The van der Waals surface area contributed by atoms with Gasteiger partial charge < -0.3 is 14.9 Å². The Morgan fingerprint density at radius 3 is 1.93 bits per heavy atom. The molecule has 2 aromatic rings. The molecule has 0 spiro atoms. The highest BCUT2D eigenvalue weighted by Gasteiger charge is 2.67. The molecule has 0 aromatic heterocycles. The summed E-state index contributed by atoms with van der Waals surface area (Å²) in [4.78, 5) is 27.8. The molecule has 3 aliphatic rings. The van der Waals surface area contributed by atoms with Gasteiger partial charge in [-0.1, -0.05) is 13.8 Å². The minimum atomic E-state index is -5.16. The van der Waals surface area contributed by atoms with Gasteiger partial charge in [-0.3, -0.25) is 14.5 Å². The zero-order chi connectivity index (χ0) is 30.4. The first-order chi connectivity index (χ1) is 18.8. The monoisotopic (exact) mass is 585 g/mol. The first kappa shape index (κ1) is 29.4. The third kappa shape index (κ3) is 4.68. The number of hydrogen-bond acceptors (Lipinski definition) is 5. The number of anilines is 1. The van der Waals surface area contributed by atoms with Crippen molar-refractivity contribution in [1.82, 2.24) is 0 Å². The Bertz CT molecular complexity index is 1360. The van der Waals surface area contributed by atoms with E-state index in [4.69, 9.17) is 4.74 Å². The first-order valence-electron chi connectivity index (χ1n) is 13.2. The van der Waals surface area contributed by atoms with Crippen molar-refractivity contribution in [2.24, 2.45) is 29.6 Å². The molecule has 1 aliphatic carbocycles. The molecule has 2 aromatic carbocycles. The topological polar surface area (TPSA) is 87.1 Å². The van der Waals surface area contributed by atoms with E-state index < -0.39 is 76.5 Å². The molecule has 41 heavy (non-hydrogen) atoms. The maximum absolute atomic E-state index is 13.8. The second kappa shape index (κ2) is 9.45. The number of phenols is 1. The molecule has 0 bridgehead atoms. The number of phenolic OH excluding ortho intramolecular Hbond substituents is 1. The Balaban J connectivity index is 1.58. The summed E-state index contributed by atoms with van der Waals surface area (Å²) in [6.45, 7) is 6.98. The lowest BCUT2D eigenvalue weighted by molar-refractivity contribution is -0.276. The maximum atomic E-state index is 13.8. The number of halogens is 6. The third-order valence-corrected chi connectivity index (χ3v) is 8.80. The Morgan fingerprint density at radius 2 is 1.44 bits per heavy atom. The van der Waals surface area contributed by atoms with E-state index >= 15 is 0 Å². The second-order valence-corrected chi connectivity index (χ2v) is 11.7. The van der Waals surface area contributed by atoms with Crippen LogP contribution in [0, 0.1) is 43.4 Å². The molecule has 0 radical (unpaired) electrons. The van der Waals surface area contributed by atoms with E-state index in [-0.39, 0.29) is 30.6 Å². The molecule has 1 saturated carbocycles. The van der Waals surface area contributed by atoms with E-state index in [0.29, 0.717) is 33.7 Å². The van der Waals surface area contributed by atoms with E-state index in [2.05, 4.69) is 0 Å². The van der Waals surface area contributed by atoms with Gasteiger partial charge in [0.2, 0.25) is 11.8 Å². The fourth-order valence-corrected chi connectivity index (χ4v) is 6.87. The van der Waals surface area contributed by atoms with Gasteiger partial charge in [-0.2, -0.15) is 26.3 Å². The number of carbonyl (C=O) groups excluding carboxylic acids is 2. The minimum Gasteiger partial charge on any atom is -0.507 e. The number of ether oxygens (including phenoxy) is 1. The van der Waals surface area contributed by atoms with Crippen molar-refractivity contribution in [1.29, 1.82) is 0 Å². The molecule has 2 N–H and O–H groups in total. The number of amides is 2. The highest BCUT2D eigenvalue weighted by atomic mass is 19.4. The van der Waals surface area contributed by atoms with Crippen LogP contribution in [0.3, 0.4) is 0 Å². The van der Waals surface area contributed by atoms with E-state index in [1.165, 1.54) is 0 Å². The zero-order valence-electron chi connectivity index (χ0n) is 22.6. The van der Waals surface area contributed by atoms with Gasteiger partial charge in [-0.25, -0.2) is 0 Å². The van der Waals surface area contributed by atoms with E-state index in [9.17, 15) is 46.1 Å². The molecule has 6 atom stereocenters. The molecule has 2 amide bonds. The van der Waals surface area contributed by atoms with E-state index in [0.717, 1.165) is 0 Å². The lowest BCUT2D eigenvalue weighted by Crippen LogP contribution is -2.55. The molecule has 2 saturated heterocycles. The van der Waals surface area contributed by atoms with Crippen LogP contribution in [-0.2, 0) is 26.7 Å².